The van der Waals surface area contributed by atoms with Gasteiger partial charge < -0.3 is 10.4 Å². The number of anilines is 1. The van der Waals surface area contributed by atoms with Crippen LogP contribution in [0.1, 0.15) is 20.8 Å². The molecular formula is C11H9BrN4O3. The van der Waals surface area contributed by atoms with Gasteiger partial charge in [-0.05, 0) is 28.1 Å². The quantitative estimate of drug-likeness (QED) is 0.892. The highest BCUT2D eigenvalue weighted by Crippen LogP contribution is 2.13. The van der Waals surface area contributed by atoms with E-state index in [0.717, 1.165) is 4.47 Å². The van der Waals surface area contributed by atoms with Crippen LogP contribution in [0.4, 0.5) is 5.82 Å². The Hall–Kier alpha value is -2.22. The van der Waals surface area contributed by atoms with E-state index in [-0.39, 0.29) is 11.3 Å². The van der Waals surface area contributed by atoms with Gasteiger partial charge in [0.25, 0.3) is 5.91 Å². The number of rotatable bonds is 3. The second-order valence-electron chi connectivity index (χ2n) is 3.69. The van der Waals surface area contributed by atoms with Gasteiger partial charge in [0.15, 0.2) is 5.69 Å². The minimum Gasteiger partial charge on any atom is -0.476 e. The third-order valence-corrected chi connectivity index (χ3v) is 2.71. The number of carbonyl (C=O) groups excluding carboxylic acids is 1. The fraction of sp³-hybridized carbons (Fsp3) is 0.0909. The molecule has 0 saturated heterocycles. The molecule has 19 heavy (non-hydrogen) atoms. The first kappa shape index (κ1) is 13.2. The van der Waals surface area contributed by atoms with E-state index in [1.807, 2.05) is 0 Å². The van der Waals surface area contributed by atoms with Gasteiger partial charge in [0.05, 0.1) is 5.56 Å². The van der Waals surface area contributed by atoms with Crippen molar-refractivity contribution in [3.63, 3.8) is 0 Å². The molecule has 8 heteroatoms. The first-order chi connectivity index (χ1) is 8.97. The number of carboxylic acid groups (broad SMARTS) is 1. The molecule has 0 radical (unpaired) electrons. The van der Waals surface area contributed by atoms with Crippen molar-refractivity contribution in [2.45, 2.75) is 0 Å². The summed E-state index contributed by atoms with van der Waals surface area (Å²) in [5, 5.41) is 15.2. The average molecular weight is 325 g/mol. The Balaban J connectivity index is 2.25. The minimum atomic E-state index is -1.26. The summed E-state index contributed by atoms with van der Waals surface area (Å²) in [7, 11) is 1.54. The van der Waals surface area contributed by atoms with Gasteiger partial charge in [0.1, 0.15) is 5.82 Å². The average Bonchev–Trinajstić information content (AvgIpc) is 2.74. The molecule has 0 atom stereocenters. The second-order valence-corrected chi connectivity index (χ2v) is 4.60. The van der Waals surface area contributed by atoms with E-state index in [9.17, 15) is 9.59 Å². The number of halogens is 1. The number of nitrogens with one attached hydrogen (secondary N) is 1. The number of aromatic carboxylic acids is 1. The second kappa shape index (κ2) is 5.19. The van der Waals surface area contributed by atoms with E-state index in [0.29, 0.717) is 5.82 Å². The van der Waals surface area contributed by atoms with Gasteiger partial charge in [0.2, 0.25) is 0 Å². The Bertz CT molecular complexity index is 636. The lowest BCUT2D eigenvalue weighted by Gasteiger charge is -2.02. The van der Waals surface area contributed by atoms with Crippen molar-refractivity contribution in [3.05, 3.63) is 40.3 Å². The molecule has 0 aliphatic heterocycles. The van der Waals surface area contributed by atoms with Gasteiger partial charge in [-0.2, -0.15) is 5.10 Å². The number of aromatic nitrogens is 3. The molecule has 2 N–H and O–H groups in total. The summed E-state index contributed by atoms with van der Waals surface area (Å²) in [5.74, 6) is -1.50. The summed E-state index contributed by atoms with van der Waals surface area (Å²) in [6.45, 7) is 0. The Kier molecular flexibility index (Phi) is 3.61. The van der Waals surface area contributed by atoms with Crippen LogP contribution in [0, 0.1) is 0 Å². The number of hydrogen-bond acceptors (Lipinski definition) is 4. The zero-order valence-electron chi connectivity index (χ0n) is 9.79. The Labute approximate surface area is 116 Å². The molecule has 2 heterocycles. The number of carbonyl (C=O) groups is 2. The fourth-order valence-electron chi connectivity index (χ4n) is 1.45. The van der Waals surface area contributed by atoms with Crippen molar-refractivity contribution in [1.82, 2.24) is 14.8 Å². The largest absolute Gasteiger partial charge is 0.476 e. The zero-order valence-corrected chi connectivity index (χ0v) is 11.4. The predicted molar refractivity (Wildman–Crippen MR) is 70.1 cm³/mol. The Morgan fingerprint density at radius 3 is 2.74 bits per heavy atom. The monoisotopic (exact) mass is 324 g/mol. The highest BCUT2D eigenvalue weighted by Gasteiger charge is 2.21. The van der Waals surface area contributed by atoms with Gasteiger partial charge in [-0.1, -0.05) is 0 Å². The van der Waals surface area contributed by atoms with Gasteiger partial charge >= 0.3 is 5.97 Å². The number of carboxylic acids is 1. The minimum absolute atomic E-state index is 0.0141. The summed E-state index contributed by atoms with van der Waals surface area (Å²) < 4.78 is 2.05. The third kappa shape index (κ3) is 2.97. The summed E-state index contributed by atoms with van der Waals surface area (Å²) in [5.41, 5.74) is -0.308. The number of nitrogens with zero attached hydrogens (tertiary/aromatic N) is 3. The van der Waals surface area contributed by atoms with Gasteiger partial charge in [0, 0.05) is 23.9 Å². The van der Waals surface area contributed by atoms with Crippen molar-refractivity contribution in [3.8, 4) is 0 Å². The molecule has 2 aromatic rings. The van der Waals surface area contributed by atoms with Crippen LogP contribution in [0.2, 0.25) is 0 Å². The van der Waals surface area contributed by atoms with Crippen LogP contribution in [-0.4, -0.2) is 31.7 Å². The van der Waals surface area contributed by atoms with Gasteiger partial charge in [-0.3, -0.25) is 9.48 Å². The number of hydrogen-bond donors (Lipinski definition) is 2. The first-order valence-corrected chi connectivity index (χ1v) is 5.96. The van der Waals surface area contributed by atoms with Crippen LogP contribution >= 0.6 is 15.9 Å². The topological polar surface area (TPSA) is 97.1 Å². The molecule has 2 rings (SSSR count). The van der Waals surface area contributed by atoms with Gasteiger partial charge in [-0.15, -0.1) is 0 Å². The summed E-state index contributed by atoms with van der Waals surface area (Å²) in [6, 6.07) is 3.31. The zero-order chi connectivity index (χ0) is 14.0. The highest BCUT2D eigenvalue weighted by molar-refractivity contribution is 9.10. The molecule has 0 aliphatic rings. The van der Waals surface area contributed by atoms with E-state index < -0.39 is 11.9 Å². The SMILES string of the molecule is Cn1cc(C(=O)Nc2ccc(Br)cn2)c(C(=O)O)n1. The molecule has 0 aliphatic carbocycles. The van der Waals surface area contributed by atoms with E-state index in [1.54, 1.807) is 19.2 Å². The van der Waals surface area contributed by atoms with E-state index >= 15 is 0 Å². The lowest BCUT2D eigenvalue weighted by Crippen LogP contribution is -2.16. The first-order valence-electron chi connectivity index (χ1n) is 5.17. The molecule has 0 aromatic carbocycles. The normalized spacial score (nSPS) is 10.2. The molecule has 0 spiro atoms. The van der Waals surface area contributed by atoms with Gasteiger partial charge in [-0.25, -0.2) is 9.78 Å². The fourth-order valence-corrected chi connectivity index (χ4v) is 1.68. The Morgan fingerprint density at radius 2 is 2.16 bits per heavy atom. The summed E-state index contributed by atoms with van der Waals surface area (Å²) in [6.07, 6.45) is 2.87. The number of amides is 1. The van der Waals surface area contributed by atoms with Crippen molar-refractivity contribution in [2.24, 2.45) is 7.05 Å². The Morgan fingerprint density at radius 1 is 1.42 bits per heavy atom. The van der Waals surface area contributed by atoms with E-state index in [1.165, 1.54) is 17.1 Å². The van der Waals surface area contributed by atoms with Crippen molar-refractivity contribution in [1.29, 1.82) is 0 Å². The van der Waals surface area contributed by atoms with Crippen LogP contribution < -0.4 is 5.32 Å². The smallest absolute Gasteiger partial charge is 0.357 e. The van der Waals surface area contributed by atoms with Crippen molar-refractivity contribution in [2.75, 3.05) is 5.32 Å². The lowest BCUT2D eigenvalue weighted by molar-refractivity contribution is 0.0685. The maximum atomic E-state index is 12.0. The maximum absolute atomic E-state index is 12.0. The molecule has 1 amide bonds. The molecule has 7 nitrogen and oxygen atoms in total. The van der Waals surface area contributed by atoms with Crippen LogP contribution in [0.3, 0.4) is 0 Å². The third-order valence-electron chi connectivity index (χ3n) is 2.24. The van der Waals surface area contributed by atoms with Crippen molar-refractivity contribution < 1.29 is 14.7 Å². The van der Waals surface area contributed by atoms with Crippen LogP contribution in [-0.2, 0) is 7.05 Å². The number of pyridine rings is 1. The van der Waals surface area contributed by atoms with Crippen LogP contribution in [0.5, 0.6) is 0 Å². The highest BCUT2D eigenvalue weighted by atomic mass is 79.9. The van der Waals surface area contributed by atoms with E-state index in [4.69, 9.17) is 5.11 Å². The molecule has 0 unspecified atom stereocenters. The molecule has 0 fully saturated rings. The molecule has 2 aromatic heterocycles. The summed E-state index contributed by atoms with van der Waals surface area (Å²) >= 11 is 3.22. The van der Waals surface area contributed by atoms with Crippen molar-refractivity contribution >= 4 is 33.6 Å². The predicted octanol–water partition coefficient (Wildman–Crippen LogP) is 1.53. The number of aryl methyl sites for hydroxylation is 1. The molecule has 98 valence electrons. The molecule has 0 saturated carbocycles. The standard InChI is InChI=1S/C11H9BrN4O3/c1-16-5-7(9(15-16)11(18)19)10(17)14-8-3-2-6(12)4-13-8/h2-5H,1H3,(H,18,19)(H,13,14,17). The lowest BCUT2D eigenvalue weighted by atomic mass is 10.2. The summed E-state index contributed by atoms with van der Waals surface area (Å²) in [4.78, 5) is 26.9. The maximum Gasteiger partial charge on any atom is 0.357 e. The molecule has 0 bridgehead atoms. The van der Waals surface area contributed by atoms with Crippen LogP contribution in [0.15, 0.2) is 29.0 Å². The van der Waals surface area contributed by atoms with E-state index in [2.05, 4.69) is 31.3 Å². The molecular weight excluding hydrogens is 316 g/mol. The van der Waals surface area contributed by atoms with Crippen LogP contribution in [0.25, 0.3) is 0 Å².